The molecule has 1 saturated carbocycles. The third-order valence-corrected chi connectivity index (χ3v) is 4.69. The third-order valence-electron chi connectivity index (χ3n) is 3.67. The van der Waals surface area contributed by atoms with Crippen LogP contribution >= 0.6 is 23.7 Å². The van der Waals surface area contributed by atoms with Crippen LogP contribution in [0, 0.1) is 5.92 Å². The van der Waals surface area contributed by atoms with Gasteiger partial charge < -0.3 is 11.1 Å². The Morgan fingerprint density at radius 3 is 2.90 bits per heavy atom. The molecule has 20 heavy (non-hydrogen) atoms. The minimum absolute atomic E-state index is 0. The number of hydrogen-bond acceptors (Lipinski definition) is 3. The number of rotatable bonds is 5. The van der Waals surface area contributed by atoms with Gasteiger partial charge in [0.15, 0.2) is 0 Å². The van der Waals surface area contributed by atoms with Crippen molar-refractivity contribution in [2.75, 3.05) is 6.54 Å². The molecule has 1 aromatic heterocycles. The molecule has 1 fully saturated rings. The minimum Gasteiger partial charge on any atom is -0.354 e. The highest BCUT2D eigenvalue weighted by molar-refractivity contribution is 7.17. The lowest BCUT2D eigenvalue weighted by molar-refractivity contribution is -0.120. The summed E-state index contributed by atoms with van der Waals surface area (Å²) in [4.78, 5) is 11.9. The van der Waals surface area contributed by atoms with Crippen molar-refractivity contribution in [2.24, 2.45) is 11.7 Å². The molecule has 1 aliphatic carbocycles. The number of nitrogens with two attached hydrogens (primary N) is 1. The highest BCUT2D eigenvalue weighted by Crippen LogP contribution is 2.31. The summed E-state index contributed by atoms with van der Waals surface area (Å²) in [6, 6.07) is 8.33. The summed E-state index contributed by atoms with van der Waals surface area (Å²) in [5.74, 6) is 0.696. The monoisotopic (exact) mass is 310 g/mol. The van der Waals surface area contributed by atoms with Crippen LogP contribution in [0.3, 0.4) is 0 Å². The molecule has 0 saturated heterocycles. The lowest BCUT2D eigenvalue weighted by Crippen LogP contribution is -2.39. The summed E-state index contributed by atoms with van der Waals surface area (Å²) in [7, 11) is 0. The smallest absolute Gasteiger partial charge is 0.224 e. The molecule has 2 aromatic rings. The fourth-order valence-corrected chi connectivity index (χ4v) is 3.29. The van der Waals surface area contributed by atoms with Crippen molar-refractivity contribution in [1.82, 2.24) is 5.32 Å². The largest absolute Gasteiger partial charge is 0.354 e. The first-order valence-corrected chi connectivity index (χ1v) is 7.59. The number of amides is 1. The Bertz CT molecular complexity index is 594. The summed E-state index contributed by atoms with van der Waals surface area (Å²) in [5.41, 5.74) is 7.09. The van der Waals surface area contributed by atoms with Gasteiger partial charge in [0.25, 0.3) is 0 Å². The maximum atomic E-state index is 11.9. The second kappa shape index (κ2) is 6.57. The van der Waals surface area contributed by atoms with Gasteiger partial charge in [-0.3, -0.25) is 4.79 Å². The molecule has 108 valence electrons. The van der Waals surface area contributed by atoms with E-state index in [4.69, 9.17) is 5.73 Å². The molecule has 0 radical (unpaired) electrons. The van der Waals surface area contributed by atoms with Crippen LogP contribution in [-0.2, 0) is 11.2 Å². The topological polar surface area (TPSA) is 55.1 Å². The van der Waals surface area contributed by atoms with Crippen LogP contribution in [0.4, 0.5) is 0 Å². The molecule has 1 atom stereocenters. The van der Waals surface area contributed by atoms with Gasteiger partial charge in [0.1, 0.15) is 0 Å². The van der Waals surface area contributed by atoms with Gasteiger partial charge in [-0.25, -0.2) is 0 Å². The zero-order valence-electron chi connectivity index (χ0n) is 11.2. The predicted octanol–water partition coefficient (Wildman–Crippen LogP) is 2.72. The van der Waals surface area contributed by atoms with Crippen LogP contribution in [0.5, 0.6) is 0 Å². The normalized spacial score (nSPS) is 15.7. The van der Waals surface area contributed by atoms with E-state index < -0.39 is 0 Å². The zero-order chi connectivity index (χ0) is 13.2. The molecule has 1 aromatic carbocycles. The summed E-state index contributed by atoms with van der Waals surface area (Å²) in [6.07, 6.45) is 2.87. The van der Waals surface area contributed by atoms with Gasteiger partial charge in [-0.05, 0) is 41.2 Å². The van der Waals surface area contributed by atoms with E-state index in [1.54, 1.807) is 11.3 Å². The van der Waals surface area contributed by atoms with Crippen molar-refractivity contribution in [1.29, 1.82) is 0 Å². The second-order valence-corrected chi connectivity index (χ2v) is 6.15. The molecule has 3 rings (SSSR count). The number of fused-ring (bicyclic) bond motifs is 1. The van der Waals surface area contributed by atoms with E-state index in [0.29, 0.717) is 18.9 Å². The van der Waals surface area contributed by atoms with E-state index in [2.05, 4.69) is 22.8 Å². The first kappa shape index (κ1) is 15.3. The van der Waals surface area contributed by atoms with Gasteiger partial charge in [-0.2, -0.15) is 0 Å². The second-order valence-electron chi connectivity index (χ2n) is 5.24. The fraction of sp³-hybridized carbons (Fsp3) is 0.400. The van der Waals surface area contributed by atoms with Crippen molar-refractivity contribution in [3.05, 3.63) is 35.2 Å². The van der Waals surface area contributed by atoms with Crippen LogP contribution in [0.15, 0.2) is 29.6 Å². The average molecular weight is 311 g/mol. The van der Waals surface area contributed by atoms with Crippen molar-refractivity contribution in [3.63, 3.8) is 0 Å². The molecular formula is C15H19ClN2OS. The van der Waals surface area contributed by atoms with Crippen molar-refractivity contribution in [2.45, 2.75) is 25.3 Å². The molecule has 0 bridgehead atoms. The van der Waals surface area contributed by atoms with Gasteiger partial charge in [0.05, 0.1) is 6.42 Å². The first-order valence-electron chi connectivity index (χ1n) is 6.71. The molecule has 1 heterocycles. The molecule has 0 spiro atoms. The van der Waals surface area contributed by atoms with E-state index in [1.807, 2.05) is 12.1 Å². The number of benzene rings is 1. The van der Waals surface area contributed by atoms with E-state index in [1.165, 1.54) is 22.9 Å². The highest BCUT2D eigenvalue weighted by Gasteiger charge is 2.28. The van der Waals surface area contributed by atoms with Crippen LogP contribution in [0.25, 0.3) is 10.1 Å². The molecule has 3 nitrogen and oxygen atoms in total. The first-order chi connectivity index (χ1) is 9.24. The SMILES string of the molecule is Cl.NC(CNC(=O)Cc1csc2ccccc12)C1CC1. The number of carbonyl (C=O) groups is 1. The van der Waals surface area contributed by atoms with Crippen LogP contribution in [0.1, 0.15) is 18.4 Å². The van der Waals surface area contributed by atoms with Gasteiger partial charge in [-0.15, -0.1) is 23.7 Å². The van der Waals surface area contributed by atoms with E-state index in [-0.39, 0.29) is 24.4 Å². The summed E-state index contributed by atoms with van der Waals surface area (Å²) >= 11 is 1.69. The predicted molar refractivity (Wildman–Crippen MR) is 86.5 cm³/mol. The Morgan fingerprint density at radius 2 is 2.15 bits per heavy atom. The summed E-state index contributed by atoms with van der Waals surface area (Å²) in [6.45, 7) is 0.603. The maximum Gasteiger partial charge on any atom is 0.224 e. The summed E-state index contributed by atoms with van der Waals surface area (Å²) < 4.78 is 1.24. The zero-order valence-corrected chi connectivity index (χ0v) is 12.8. The van der Waals surface area contributed by atoms with Crippen LogP contribution < -0.4 is 11.1 Å². The molecule has 1 amide bonds. The minimum atomic E-state index is 0. The quantitative estimate of drug-likeness (QED) is 0.892. The molecule has 5 heteroatoms. The van der Waals surface area contributed by atoms with Crippen molar-refractivity contribution in [3.8, 4) is 0 Å². The van der Waals surface area contributed by atoms with E-state index >= 15 is 0 Å². The molecule has 1 aliphatic rings. The van der Waals surface area contributed by atoms with Gasteiger partial charge >= 0.3 is 0 Å². The highest BCUT2D eigenvalue weighted by atomic mass is 35.5. The number of carbonyl (C=O) groups excluding carboxylic acids is 1. The van der Waals surface area contributed by atoms with Gasteiger partial charge in [-0.1, -0.05) is 18.2 Å². The lowest BCUT2D eigenvalue weighted by atomic mass is 10.1. The Morgan fingerprint density at radius 1 is 1.40 bits per heavy atom. The van der Waals surface area contributed by atoms with Crippen LogP contribution in [0.2, 0.25) is 0 Å². The molecular weight excluding hydrogens is 292 g/mol. The Balaban J connectivity index is 0.00000147. The average Bonchev–Trinajstić information content (AvgIpc) is 3.20. The third kappa shape index (κ3) is 3.51. The maximum absolute atomic E-state index is 11.9. The van der Waals surface area contributed by atoms with Gasteiger partial charge in [0.2, 0.25) is 5.91 Å². The van der Waals surface area contributed by atoms with Crippen LogP contribution in [-0.4, -0.2) is 18.5 Å². The Labute approximate surface area is 129 Å². The number of nitrogens with one attached hydrogen (secondary N) is 1. The lowest BCUT2D eigenvalue weighted by Gasteiger charge is -2.11. The van der Waals surface area contributed by atoms with Crippen molar-refractivity contribution < 1.29 is 4.79 Å². The molecule has 3 N–H and O–H groups in total. The standard InChI is InChI=1S/C15H18N2OS.ClH/c16-13(10-5-6-10)8-17-15(18)7-11-9-19-14-4-2-1-3-12(11)14;/h1-4,9-10,13H,5-8,16H2,(H,17,18);1H. The van der Waals surface area contributed by atoms with E-state index in [0.717, 1.165) is 5.56 Å². The number of halogens is 1. The van der Waals surface area contributed by atoms with Gasteiger partial charge in [0, 0.05) is 17.3 Å². The number of thiophene rings is 1. The molecule has 1 unspecified atom stereocenters. The Kier molecular flexibility index (Phi) is 5.02. The summed E-state index contributed by atoms with van der Waals surface area (Å²) in [5, 5.41) is 6.21. The Hall–Kier alpha value is -1.10. The number of hydrogen-bond donors (Lipinski definition) is 2. The fourth-order valence-electron chi connectivity index (χ4n) is 2.33. The van der Waals surface area contributed by atoms with Crippen molar-refractivity contribution >= 4 is 39.7 Å². The molecule has 0 aliphatic heterocycles. The van der Waals surface area contributed by atoms with E-state index in [9.17, 15) is 4.79 Å².